The Labute approximate surface area is 204 Å². The predicted molar refractivity (Wildman–Crippen MR) is 134 cm³/mol. The normalized spacial score (nSPS) is 13.5. The topological polar surface area (TPSA) is 105 Å². The second-order valence-electron chi connectivity index (χ2n) is 8.43. The number of ether oxygens (including phenoxy) is 1. The van der Waals surface area contributed by atoms with E-state index in [0.717, 1.165) is 35.1 Å². The van der Waals surface area contributed by atoms with Gasteiger partial charge in [-0.2, -0.15) is 11.8 Å². The predicted octanol–water partition coefficient (Wildman–Crippen LogP) is 4.41. The minimum atomic E-state index is -1.22. The van der Waals surface area contributed by atoms with Crippen LogP contribution in [0.15, 0.2) is 48.5 Å². The van der Waals surface area contributed by atoms with Crippen molar-refractivity contribution in [2.45, 2.75) is 49.8 Å². The van der Waals surface area contributed by atoms with E-state index in [4.69, 9.17) is 4.74 Å². The van der Waals surface area contributed by atoms with Gasteiger partial charge in [0.15, 0.2) is 0 Å². The van der Waals surface area contributed by atoms with Crippen molar-refractivity contribution in [3.63, 3.8) is 0 Å². The van der Waals surface area contributed by atoms with Gasteiger partial charge in [0.05, 0.1) is 6.42 Å². The molecule has 8 heteroatoms. The number of alkyl carbamates (subject to hydrolysis) is 1. The molecule has 2 amide bonds. The van der Waals surface area contributed by atoms with Crippen molar-refractivity contribution in [3.8, 4) is 11.1 Å². The number of carbonyl (C=O) groups is 3. The second-order valence-corrected chi connectivity index (χ2v) is 9.71. The molecule has 0 bridgehead atoms. The van der Waals surface area contributed by atoms with Crippen LogP contribution in [0.3, 0.4) is 0 Å². The van der Waals surface area contributed by atoms with Crippen molar-refractivity contribution in [1.82, 2.24) is 10.6 Å². The van der Waals surface area contributed by atoms with Gasteiger partial charge < -0.3 is 20.5 Å². The summed E-state index contributed by atoms with van der Waals surface area (Å²) < 4.78 is 5.35. The Morgan fingerprint density at radius 3 is 2.09 bits per heavy atom. The Morgan fingerprint density at radius 2 is 1.59 bits per heavy atom. The standard InChI is InChI=1S/C26H32N2O5S/c1-4-26(5-2,34-3)16-27-24(31)22(14-23(29)30)28-25(32)33-15-21-19-12-8-6-10-17(19)18-11-7-9-13-20(18)21/h6-13,21-22H,4-5,14-16H2,1-3H3,(H,27,31)(H,28,32)(H,29,30). The van der Waals surface area contributed by atoms with Gasteiger partial charge in [-0.1, -0.05) is 62.4 Å². The SMILES string of the molecule is CCC(CC)(CNC(=O)C(CC(=O)O)NC(=O)OCC1c2ccccc2-c2ccccc21)SC. The molecule has 2 aromatic carbocycles. The lowest BCUT2D eigenvalue weighted by molar-refractivity contribution is -0.139. The highest BCUT2D eigenvalue weighted by molar-refractivity contribution is 8.00. The average Bonchev–Trinajstić information content (AvgIpc) is 3.17. The summed E-state index contributed by atoms with van der Waals surface area (Å²) in [5, 5.41) is 14.5. The van der Waals surface area contributed by atoms with E-state index in [1.54, 1.807) is 11.8 Å². The highest BCUT2D eigenvalue weighted by atomic mass is 32.2. The van der Waals surface area contributed by atoms with E-state index in [9.17, 15) is 19.5 Å². The quantitative estimate of drug-likeness (QED) is 0.437. The third-order valence-electron chi connectivity index (χ3n) is 6.64. The lowest BCUT2D eigenvalue weighted by Crippen LogP contribution is -2.51. The summed E-state index contributed by atoms with van der Waals surface area (Å²) in [6.07, 6.45) is 2.36. The maximum absolute atomic E-state index is 12.7. The Balaban J connectivity index is 1.64. The molecule has 1 atom stereocenters. The number of carboxylic acids is 1. The summed E-state index contributed by atoms with van der Waals surface area (Å²) in [6, 6.07) is 14.8. The van der Waals surface area contributed by atoms with Crippen LogP contribution < -0.4 is 10.6 Å². The van der Waals surface area contributed by atoms with Gasteiger partial charge in [0.2, 0.25) is 5.91 Å². The van der Waals surface area contributed by atoms with Crippen LogP contribution in [0.2, 0.25) is 0 Å². The van der Waals surface area contributed by atoms with Crippen molar-refractivity contribution < 1.29 is 24.2 Å². The fraction of sp³-hybridized carbons (Fsp3) is 0.423. The number of fused-ring (bicyclic) bond motifs is 3. The molecule has 0 radical (unpaired) electrons. The zero-order chi connectivity index (χ0) is 24.7. The van der Waals surface area contributed by atoms with Crippen LogP contribution >= 0.6 is 11.8 Å². The highest BCUT2D eigenvalue weighted by Crippen LogP contribution is 2.44. The number of carboxylic acid groups (broad SMARTS) is 1. The van der Waals surface area contributed by atoms with Crippen LogP contribution in [0, 0.1) is 0 Å². The Kier molecular flexibility index (Phi) is 8.61. The van der Waals surface area contributed by atoms with Crippen molar-refractivity contribution in [1.29, 1.82) is 0 Å². The van der Waals surface area contributed by atoms with Crippen LogP contribution in [0.4, 0.5) is 4.79 Å². The first kappa shape index (κ1) is 25.6. The number of hydrogen-bond donors (Lipinski definition) is 3. The number of benzene rings is 2. The Bertz CT molecular complexity index is 984. The van der Waals surface area contributed by atoms with E-state index in [2.05, 4.69) is 24.5 Å². The van der Waals surface area contributed by atoms with Crippen LogP contribution in [0.5, 0.6) is 0 Å². The molecule has 0 spiro atoms. The number of nitrogens with one attached hydrogen (secondary N) is 2. The lowest BCUT2D eigenvalue weighted by atomic mass is 9.98. The number of aliphatic carboxylic acids is 1. The van der Waals surface area contributed by atoms with Crippen LogP contribution in [0.1, 0.15) is 50.2 Å². The van der Waals surface area contributed by atoms with Gasteiger partial charge in [-0.25, -0.2) is 4.79 Å². The fourth-order valence-electron chi connectivity index (χ4n) is 4.40. The Hall–Kier alpha value is -3.00. The average molecular weight is 485 g/mol. The first-order valence-electron chi connectivity index (χ1n) is 11.5. The summed E-state index contributed by atoms with van der Waals surface area (Å²) in [5.41, 5.74) is 4.37. The number of hydrogen-bond acceptors (Lipinski definition) is 5. The van der Waals surface area contributed by atoms with Gasteiger partial charge in [-0.05, 0) is 41.4 Å². The third-order valence-corrected chi connectivity index (χ3v) is 8.23. The van der Waals surface area contributed by atoms with Crippen molar-refractivity contribution in [3.05, 3.63) is 59.7 Å². The molecule has 0 saturated heterocycles. The molecule has 0 aromatic heterocycles. The molecular formula is C26H32N2O5S. The molecule has 3 N–H and O–H groups in total. The molecule has 0 aliphatic heterocycles. The molecule has 0 saturated carbocycles. The summed E-state index contributed by atoms with van der Waals surface area (Å²) in [5.74, 6) is -1.83. The molecule has 0 heterocycles. The molecule has 1 unspecified atom stereocenters. The molecule has 7 nitrogen and oxygen atoms in total. The number of carbonyl (C=O) groups excluding carboxylic acids is 2. The molecule has 0 fully saturated rings. The van der Waals surface area contributed by atoms with E-state index in [-0.39, 0.29) is 17.3 Å². The molecular weight excluding hydrogens is 452 g/mol. The van der Waals surface area contributed by atoms with E-state index in [1.165, 1.54) is 0 Å². The Morgan fingerprint density at radius 1 is 1.03 bits per heavy atom. The van der Waals surface area contributed by atoms with E-state index in [0.29, 0.717) is 6.54 Å². The maximum Gasteiger partial charge on any atom is 0.407 e. The van der Waals surface area contributed by atoms with Gasteiger partial charge in [0, 0.05) is 17.2 Å². The zero-order valence-electron chi connectivity index (χ0n) is 19.8. The van der Waals surface area contributed by atoms with Crippen molar-refractivity contribution in [2.75, 3.05) is 19.4 Å². The van der Waals surface area contributed by atoms with Gasteiger partial charge >= 0.3 is 12.1 Å². The van der Waals surface area contributed by atoms with Crippen molar-refractivity contribution in [2.24, 2.45) is 0 Å². The van der Waals surface area contributed by atoms with E-state index >= 15 is 0 Å². The second kappa shape index (κ2) is 11.4. The number of rotatable bonds is 11. The number of thioether (sulfide) groups is 1. The lowest BCUT2D eigenvalue weighted by Gasteiger charge is -2.30. The molecule has 1 aliphatic carbocycles. The molecule has 182 valence electrons. The maximum atomic E-state index is 12.7. The van der Waals surface area contributed by atoms with E-state index in [1.807, 2.05) is 54.8 Å². The molecule has 3 rings (SSSR count). The molecule has 1 aliphatic rings. The highest BCUT2D eigenvalue weighted by Gasteiger charge is 2.31. The van der Waals surface area contributed by atoms with Gasteiger partial charge in [0.25, 0.3) is 0 Å². The largest absolute Gasteiger partial charge is 0.481 e. The first-order valence-corrected chi connectivity index (χ1v) is 12.7. The molecule has 2 aromatic rings. The van der Waals surface area contributed by atoms with Gasteiger partial charge in [-0.15, -0.1) is 0 Å². The minimum Gasteiger partial charge on any atom is -0.481 e. The monoisotopic (exact) mass is 484 g/mol. The summed E-state index contributed by atoms with van der Waals surface area (Å²) in [7, 11) is 0. The smallest absolute Gasteiger partial charge is 0.407 e. The summed E-state index contributed by atoms with van der Waals surface area (Å²) in [4.78, 5) is 36.7. The first-order chi connectivity index (χ1) is 16.3. The fourth-order valence-corrected chi connectivity index (χ4v) is 5.19. The minimum absolute atomic E-state index is 0.0858. The third kappa shape index (κ3) is 5.73. The summed E-state index contributed by atoms with van der Waals surface area (Å²) in [6.45, 7) is 4.58. The van der Waals surface area contributed by atoms with Crippen LogP contribution in [-0.2, 0) is 14.3 Å². The van der Waals surface area contributed by atoms with E-state index < -0.39 is 30.4 Å². The summed E-state index contributed by atoms with van der Waals surface area (Å²) >= 11 is 1.67. The number of amides is 2. The zero-order valence-corrected chi connectivity index (χ0v) is 20.6. The molecule has 34 heavy (non-hydrogen) atoms. The van der Waals surface area contributed by atoms with Gasteiger partial charge in [0.1, 0.15) is 12.6 Å². The van der Waals surface area contributed by atoms with Gasteiger partial charge in [-0.3, -0.25) is 9.59 Å². The van der Waals surface area contributed by atoms with Crippen LogP contribution in [-0.4, -0.2) is 53.3 Å². The van der Waals surface area contributed by atoms with Crippen molar-refractivity contribution >= 4 is 29.7 Å². The van der Waals surface area contributed by atoms with Crippen LogP contribution in [0.25, 0.3) is 11.1 Å².